The second-order valence-electron chi connectivity index (χ2n) is 4.49. The second-order valence-corrected chi connectivity index (χ2v) is 5.33. The Labute approximate surface area is 147 Å². The van der Waals surface area contributed by atoms with Gasteiger partial charge in [0.05, 0.1) is 18.4 Å². The van der Waals surface area contributed by atoms with Gasteiger partial charge in [-0.05, 0) is 23.1 Å². The van der Waals surface area contributed by atoms with Gasteiger partial charge >= 0.3 is 5.95 Å². The van der Waals surface area contributed by atoms with Gasteiger partial charge in [-0.25, -0.2) is 9.55 Å². The van der Waals surface area contributed by atoms with E-state index in [4.69, 9.17) is 27.9 Å². The van der Waals surface area contributed by atoms with Crippen molar-refractivity contribution in [1.29, 1.82) is 0 Å². The summed E-state index contributed by atoms with van der Waals surface area (Å²) < 4.78 is 6.83. The predicted molar refractivity (Wildman–Crippen MR) is 89.2 cm³/mol. The van der Waals surface area contributed by atoms with Gasteiger partial charge in [-0.2, -0.15) is 0 Å². The van der Waals surface area contributed by atoms with Crippen LogP contribution in [0.1, 0.15) is 5.69 Å². The Kier molecular flexibility index (Phi) is 6.16. The van der Waals surface area contributed by atoms with Gasteiger partial charge < -0.3 is 19.8 Å². The molecule has 2 aromatic heterocycles. The van der Waals surface area contributed by atoms with E-state index in [1.165, 1.54) is 10.8 Å². The summed E-state index contributed by atoms with van der Waals surface area (Å²) in [5.41, 5.74) is 0.567. The van der Waals surface area contributed by atoms with Crippen LogP contribution in [0.2, 0.25) is 10.0 Å². The van der Waals surface area contributed by atoms with Gasteiger partial charge in [0.15, 0.2) is 5.69 Å². The van der Waals surface area contributed by atoms with Crippen LogP contribution in [0, 0.1) is 10.1 Å². The molecular weight excluding hydrogens is 357 g/mol. The summed E-state index contributed by atoms with van der Waals surface area (Å²) in [6.45, 7) is 0.124. The molecule has 24 heavy (non-hydrogen) atoms. The van der Waals surface area contributed by atoms with E-state index in [1.54, 1.807) is 44.0 Å². The van der Waals surface area contributed by atoms with Gasteiger partial charge in [-0.1, -0.05) is 28.2 Å². The fourth-order valence-corrected chi connectivity index (χ4v) is 2.16. The lowest BCUT2D eigenvalue weighted by molar-refractivity contribution is -0.396. The topological polar surface area (TPSA) is 98.9 Å². The largest absolute Gasteiger partial charge is 0.484 e. The zero-order valence-electron chi connectivity index (χ0n) is 12.5. The Morgan fingerprint density at radius 2 is 2.21 bits per heavy atom. The maximum absolute atomic E-state index is 10.6. The summed E-state index contributed by atoms with van der Waals surface area (Å²) in [7, 11) is 1.55. The molecule has 1 aromatic carbocycles. The zero-order valence-corrected chi connectivity index (χ0v) is 14.0. The van der Waals surface area contributed by atoms with Crippen LogP contribution >= 0.6 is 23.2 Å². The van der Waals surface area contributed by atoms with Gasteiger partial charge in [0, 0.05) is 17.4 Å². The van der Waals surface area contributed by atoms with Crippen molar-refractivity contribution in [2.75, 3.05) is 0 Å². The van der Waals surface area contributed by atoms with Crippen molar-refractivity contribution in [3.8, 4) is 5.75 Å². The first-order valence-electron chi connectivity index (χ1n) is 6.64. The molecule has 0 saturated carbocycles. The van der Waals surface area contributed by atoms with Gasteiger partial charge in [-0.3, -0.25) is 0 Å². The first kappa shape index (κ1) is 17.8. The van der Waals surface area contributed by atoms with E-state index in [1.807, 2.05) is 0 Å². The molecule has 126 valence electrons. The van der Waals surface area contributed by atoms with Crippen LogP contribution in [-0.4, -0.2) is 24.4 Å². The Morgan fingerprint density at radius 1 is 1.42 bits per heavy atom. The van der Waals surface area contributed by atoms with Crippen LogP contribution in [0.15, 0.2) is 43.1 Å². The van der Waals surface area contributed by atoms with Gasteiger partial charge in [0.2, 0.25) is 0 Å². The van der Waals surface area contributed by atoms with Crippen LogP contribution in [0.4, 0.5) is 5.95 Å². The van der Waals surface area contributed by atoms with Crippen molar-refractivity contribution in [2.45, 2.75) is 6.61 Å². The number of hydrogen-bond acceptors (Lipinski definition) is 5. The molecule has 0 bridgehead atoms. The van der Waals surface area contributed by atoms with Crippen LogP contribution < -0.4 is 4.74 Å². The highest BCUT2D eigenvalue weighted by Crippen LogP contribution is 2.28. The SMILES string of the molecule is Cn1c(COc2ccc(Cl)cc2Cl)cnc1[N+](=O)[O-].c1c[nH]cn1. The van der Waals surface area contributed by atoms with E-state index < -0.39 is 4.92 Å². The minimum atomic E-state index is -0.557. The van der Waals surface area contributed by atoms with E-state index in [-0.39, 0.29) is 12.6 Å². The number of rotatable bonds is 4. The number of ether oxygens (including phenoxy) is 1. The Hall–Kier alpha value is -2.58. The third-order valence-electron chi connectivity index (χ3n) is 2.90. The number of H-pyrrole nitrogens is 1. The minimum Gasteiger partial charge on any atom is -0.484 e. The minimum absolute atomic E-state index is 0.124. The van der Waals surface area contributed by atoms with Gasteiger partial charge in [0.25, 0.3) is 0 Å². The smallest absolute Gasteiger partial charge is 0.434 e. The highest BCUT2D eigenvalue weighted by atomic mass is 35.5. The summed E-state index contributed by atoms with van der Waals surface area (Å²) in [5.74, 6) is 0.218. The third-order valence-corrected chi connectivity index (χ3v) is 3.43. The first-order chi connectivity index (χ1) is 11.5. The number of halogens is 2. The van der Waals surface area contributed by atoms with Crippen molar-refractivity contribution in [3.05, 3.63) is 69.0 Å². The van der Waals surface area contributed by atoms with Crippen LogP contribution in [0.5, 0.6) is 5.75 Å². The monoisotopic (exact) mass is 369 g/mol. The van der Waals surface area contributed by atoms with E-state index >= 15 is 0 Å². The standard InChI is InChI=1S/C11H9Cl2N3O3.C3H4N2/c1-15-8(5-14-11(15)16(17)18)6-19-10-3-2-7(12)4-9(10)13;1-2-5-3-4-1/h2-5H,6H2,1H3;1-3H,(H,4,5). The van der Waals surface area contributed by atoms with Crippen molar-refractivity contribution >= 4 is 29.2 Å². The van der Waals surface area contributed by atoms with Crippen LogP contribution in [-0.2, 0) is 13.7 Å². The molecule has 0 aliphatic carbocycles. The summed E-state index contributed by atoms with van der Waals surface area (Å²) in [4.78, 5) is 20.2. The van der Waals surface area contributed by atoms with E-state index in [2.05, 4.69) is 15.0 Å². The molecule has 8 nitrogen and oxygen atoms in total. The quantitative estimate of drug-likeness (QED) is 0.559. The van der Waals surface area contributed by atoms with Crippen molar-refractivity contribution in [2.24, 2.45) is 7.05 Å². The van der Waals surface area contributed by atoms with Crippen LogP contribution in [0.25, 0.3) is 0 Å². The number of benzene rings is 1. The summed E-state index contributed by atoms with van der Waals surface area (Å²) in [6, 6.07) is 4.84. The molecule has 0 aliphatic heterocycles. The number of nitrogens with one attached hydrogen (secondary N) is 1. The molecule has 1 N–H and O–H groups in total. The number of imidazole rings is 2. The van der Waals surface area contributed by atoms with E-state index in [0.717, 1.165) is 0 Å². The molecule has 2 heterocycles. The highest BCUT2D eigenvalue weighted by Gasteiger charge is 2.17. The zero-order chi connectivity index (χ0) is 17.5. The Bertz CT molecular complexity index is 788. The Balaban J connectivity index is 0.000000355. The molecule has 0 aliphatic rings. The lowest BCUT2D eigenvalue weighted by Gasteiger charge is -2.07. The molecule has 0 fully saturated rings. The van der Waals surface area contributed by atoms with Crippen molar-refractivity contribution in [3.63, 3.8) is 0 Å². The molecule has 0 atom stereocenters. The fourth-order valence-electron chi connectivity index (χ4n) is 1.70. The van der Waals surface area contributed by atoms with Gasteiger partial charge in [-0.15, -0.1) is 0 Å². The number of hydrogen-bond donors (Lipinski definition) is 1. The summed E-state index contributed by atoms with van der Waals surface area (Å²) in [5, 5.41) is 11.5. The summed E-state index contributed by atoms with van der Waals surface area (Å²) >= 11 is 11.7. The predicted octanol–water partition coefficient (Wildman–Crippen LogP) is 3.62. The van der Waals surface area contributed by atoms with Crippen molar-refractivity contribution < 1.29 is 9.66 Å². The molecular formula is C14H13Cl2N5O3. The van der Waals surface area contributed by atoms with Crippen molar-refractivity contribution in [1.82, 2.24) is 19.5 Å². The lowest BCUT2D eigenvalue weighted by Crippen LogP contribution is -2.05. The lowest BCUT2D eigenvalue weighted by atomic mass is 10.3. The molecule has 0 saturated heterocycles. The maximum atomic E-state index is 10.6. The average Bonchev–Trinajstić information content (AvgIpc) is 3.20. The number of aromatic nitrogens is 4. The third kappa shape index (κ3) is 4.71. The average molecular weight is 370 g/mol. The second kappa shape index (κ2) is 8.32. The number of aromatic amines is 1. The normalized spacial score (nSPS) is 9.96. The molecule has 3 aromatic rings. The highest BCUT2D eigenvalue weighted by molar-refractivity contribution is 6.35. The first-order valence-corrected chi connectivity index (χ1v) is 7.40. The number of nitrogens with zero attached hydrogens (tertiary/aromatic N) is 4. The molecule has 0 unspecified atom stereocenters. The van der Waals surface area contributed by atoms with Gasteiger partial charge in [0.1, 0.15) is 18.6 Å². The molecule has 0 spiro atoms. The fraction of sp³-hybridized carbons (Fsp3) is 0.143. The Morgan fingerprint density at radius 3 is 2.71 bits per heavy atom. The van der Waals surface area contributed by atoms with E-state index in [9.17, 15) is 10.1 Å². The van der Waals surface area contributed by atoms with Crippen LogP contribution in [0.3, 0.4) is 0 Å². The molecule has 0 radical (unpaired) electrons. The molecule has 0 amide bonds. The summed E-state index contributed by atoms with van der Waals surface area (Å²) in [6.07, 6.45) is 6.47. The molecule has 3 rings (SSSR count). The number of nitro groups is 1. The van der Waals surface area contributed by atoms with E-state index in [0.29, 0.717) is 21.5 Å². The molecule has 10 heteroatoms. The maximum Gasteiger partial charge on any atom is 0.434 e.